The smallest absolute Gasteiger partial charge is 0.229 e. The van der Waals surface area contributed by atoms with Crippen molar-refractivity contribution in [3.63, 3.8) is 0 Å². The molecule has 0 spiro atoms. The molecule has 0 fully saturated rings. The van der Waals surface area contributed by atoms with Gasteiger partial charge >= 0.3 is 0 Å². The molecule has 6 nitrogen and oxygen atoms in total. The third kappa shape index (κ3) is 4.68. The van der Waals surface area contributed by atoms with Crippen molar-refractivity contribution in [2.24, 2.45) is 7.05 Å². The van der Waals surface area contributed by atoms with Crippen LogP contribution in [-0.2, 0) is 23.5 Å². The third-order valence-electron chi connectivity index (χ3n) is 4.59. The minimum absolute atomic E-state index is 0.128. The van der Waals surface area contributed by atoms with E-state index in [-0.39, 0.29) is 29.2 Å². The minimum Gasteiger partial charge on any atom is -0.496 e. The number of nitrogens with one attached hydrogen (secondary N) is 1. The Hall–Kier alpha value is -3.20. The normalized spacial score (nSPS) is 11.4. The molecule has 158 valence electrons. The molecule has 0 atom stereocenters. The Balaban J connectivity index is 1.87. The lowest BCUT2D eigenvalue weighted by atomic mass is 10.1. The standard InChI is InChI=1S/C21H20F2N2O4S/c1-25-16(10-13-4-6-15(12-18(13)23)24-30(3,27)28)7-9-19(25)21(26)17-8-5-14(22)11-20(17)29-2/h4-9,11-12,24H,10H2,1-3H3. The van der Waals surface area contributed by atoms with Crippen molar-refractivity contribution in [2.75, 3.05) is 18.1 Å². The van der Waals surface area contributed by atoms with Crippen molar-refractivity contribution >= 4 is 21.5 Å². The summed E-state index contributed by atoms with van der Waals surface area (Å²) in [6.07, 6.45) is 1.17. The molecule has 9 heteroatoms. The number of carbonyl (C=O) groups excluding carboxylic acids is 1. The molecule has 2 aromatic carbocycles. The molecule has 0 saturated heterocycles. The van der Waals surface area contributed by atoms with Gasteiger partial charge in [-0.25, -0.2) is 17.2 Å². The number of methoxy groups -OCH3 is 1. The van der Waals surface area contributed by atoms with Crippen molar-refractivity contribution in [3.8, 4) is 5.75 Å². The molecule has 0 amide bonds. The van der Waals surface area contributed by atoms with Crippen LogP contribution < -0.4 is 9.46 Å². The van der Waals surface area contributed by atoms with Gasteiger partial charge in [-0.3, -0.25) is 9.52 Å². The van der Waals surface area contributed by atoms with Crippen LogP contribution in [0.1, 0.15) is 27.3 Å². The van der Waals surface area contributed by atoms with Gasteiger partial charge in [-0.1, -0.05) is 6.07 Å². The molecular weight excluding hydrogens is 414 g/mol. The first-order valence-corrected chi connectivity index (χ1v) is 10.8. The van der Waals surface area contributed by atoms with Gasteiger partial charge in [-0.2, -0.15) is 0 Å². The zero-order chi connectivity index (χ0) is 22.1. The van der Waals surface area contributed by atoms with E-state index >= 15 is 0 Å². The first-order chi connectivity index (χ1) is 14.1. The van der Waals surface area contributed by atoms with Gasteiger partial charge in [0.25, 0.3) is 0 Å². The first-order valence-electron chi connectivity index (χ1n) is 8.88. The highest BCUT2D eigenvalue weighted by atomic mass is 32.2. The second-order valence-electron chi connectivity index (χ2n) is 6.80. The molecule has 0 aliphatic rings. The van der Waals surface area contributed by atoms with E-state index in [1.54, 1.807) is 23.7 Å². The highest BCUT2D eigenvalue weighted by Crippen LogP contribution is 2.25. The highest BCUT2D eigenvalue weighted by molar-refractivity contribution is 7.92. The Morgan fingerprint density at radius 2 is 1.83 bits per heavy atom. The van der Waals surface area contributed by atoms with Crippen LogP contribution in [0.3, 0.4) is 0 Å². The summed E-state index contributed by atoms with van der Waals surface area (Å²) < 4.78 is 59.4. The lowest BCUT2D eigenvalue weighted by molar-refractivity contribution is 0.102. The second-order valence-corrected chi connectivity index (χ2v) is 8.55. The molecule has 1 N–H and O–H groups in total. The fourth-order valence-electron chi connectivity index (χ4n) is 3.11. The molecule has 30 heavy (non-hydrogen) atoms. The molecule has 1 heterocycles. The Morgan fingerprint density at radius 3 is 2.47 bits per heavy atom. The summed E-state index contributed by atoms with van der Waals surface area (Å²) >= 11 is 0. The molecule has 3 aromatic rings. The maximum Gasteiger partial charge on any atom is 0.229 e. The second kappa shape index (κ2) is 8.27. The summed E-state index contributed by atoms with van der Waals surface area (Å²) in [4.78, 5) is 12.9. The minimum atomic E-state index is -3.51. The average molecular weight is 434 g/mol. The van der Waals surface area contributed by atoms with Gasteiger partial charge in [-0.15, -0.1) is 0 Å². The van der Waals surface area contributed by atoms with E-state index in [0.29, 0.717) is 17.0 Å². The lowest BCUT2D eigenvalue weighted by Gasteiger charge is -2.11. The topological polar surface area (TPSA) is 77.4 Å². The van der Waals surface area contributed by atoms with Crippen LogP contribution in [0.15, 0.2) is 48.5 Å². The number of hydrogen-bond acceptors (Lipinski definition) is 4. The van der Waals surface area contributed by atoms with Crippen LogP contribution in [-0.4, -0.2) is 32.1 Å². The summed E-state index contributed by atoms with van der Waals surface area (Å²) in [7, 11) is -0.475. The fraction of sp³-hybridized carbons (Fsp3) is 0.190. The van der Waals surface area contributed by atoms with Gasteiger partial charge in [0.2, 0.25) is 15.8 Å². The number of rotatable bonds is 7. The number of halogens is 2. The van der Waals surface area contributed by atoms with Crippen molar-refractivity contribution < 1.29 is 26.7 Å². The van der Waals surface area contributed by atoms with Crippen LogP contribution in [0, 0.1) is 11.6 Å². The van der Waals surface area contributed by atoms with E-state index in [0.717, 1.165) is 18.4 Å². The monoisotopic (exact) mass is 434 g/mol. The van der Waals surface area contributed by atoms with Crippen LogP contribution >= 0.6 is 0 Å². The number of anilines is 1. The Bertz CT molecular complexity index is 1220. The predicted octanol–water partition coefficient (Wildman–Crippen LogP) is 3.51. The van der Waals surface area contributed by atoms with Crippen molar-refractivity contribution in [2.45, 2.75) is 6.42 Å². The number of ether oxygens (including phenoxy) is 1. The van der Waals surface area contributed by atoms with Crippen LogP contribution in [0.25, 0.3) is 0 Å². The number of benzene rings is 2. The van der Waals surface area contributed by atoms with Crippen molar-refractivity contribution in [1.29, 1.82) is 0 Å². The SMILES string of the molecule is COc1cc(F)ccc1C(=O)c1ccc(Cc2ccc(NS(C)(=O)=O)cc2F)n1C. The van der Waals surface area contributed by atoms with Gasteiger partial charge in [0, 0.05) is 25.2 Å². The Labute approximate surface area is 173 Å². The Morgan fingerprint density at radius 1 is 1.10 bits per heavy atom. The lowest BCUT2D eigenvalue weighted by Crippen LogP contribution is -2.11. The number of hydrogen-bond donors (Lipinski definition) is 1. The van der Waals surface area contributed by atoms with E-state index in [1.807, 2.05) is 0 Å². The van der Waals surface area contributed by atoms with E-state index in [9.17, 15) is 22.0 Å². The maximum absolute atomic E-state index is 14.4. The highest BCUT2D eigenvalue weighted by Gasteiger charge is 2.19. The molecule has 3 rings (SSSR count). The quantitative estimate of drug-likeness (QED) is 0.578. The van der Waals surface area contributed by atoms with Gasteiger partial charge in [0.15, 0.2) is 0 Å². The van der Waals surface area contributed by atoms with E-state index in [2.05, 4.69) is 4.72 Å². The van der Waals surface area contributed by atoms with E-state index < -0.39 is 21.7 Å². The zero-order valence-corrected chi connectivity index (χ0v) is 17.4. The molecule has 0 saturated carbocycles. The Kier molecular flexibility index (Phi) is 5.93. The molecule has 0 bridgehead atoms. The van der Waals surface area contributed by atoms with Gasteiger partial charge in [-0.05, 0) is 42.0 Å². The van der Waals surface area contributed by atoms with Gasteiger partial charge in [0.05, 0.1) is 30.3 Å². The summed E-state index contributed by atoms with van der Waals surface area (Å²) in [6.45, 7) is 0. The fourth-order valence-corrected chi connectivity index (χ4v) is 3.67. The molecule has 0 unspecified atom stereocenters. The summed E-state index contributed by atoms with van der Waals surface area (Å²) in [5.74, 6) is -1.31. The molecule has 0 aliphatic carbocycles. The van der Waals surface area contributed by atoms with Crippen LogP contribution in [0.4, 0.5) is 14.5 Å². The number of ketones is 1. The first kappa shape index (κ1) is 21.5. The summed E-state index contributed by atoms with van der Waals surface area (Å²) in [5.41, 5.74) is 1.69. The number of sulfonamides is 1. The zero-order valence-electron chi connectivity index (χ0n) is 16.6. The van der Waals surface area contributed by atoms with Crippen molar-refractivity contribution in [3.05, 3.63) is 82.7 Å². The number of nitrogens with zero attached hydrogens (tertiary/aromatic N) is 1. The van der Waals surface area contributed by atoms with E-state index in [1.165, 1.54) is 31.4 Å². The van der Waals surface area contributed by atoms with Gasteiger partial charge in [0.1, 0.15) is 17.4 Å². The van der Waals surface area contributed by atoms with Crippen LogP contribution in [0.2, 0.25) is 0 Å². The van der Waals surface area contributed by atoms with E-state index in [4.69, 9.17) is 4.74 Å². The largest absolute Gasteiger partial charge is 0.496 e. The number of aromatic nitrogens is 1. The van der Waals surface area contributed by atoms with Crippen molar-refractivity contribution in [1.82, 2.24) is 4.57 Å². The summed E-state index contributed by atoms with van der Waals surface area (Å²) in [5, 5.41) is 0. The van der Waals surface area contributed by atoms with Gasteiger partial charge < -0.3 is 9.30 Å². The maximum atomic E-state index is 14.4. The molecule has 0 radical (unpaired) electrons. The third-order valence-corrected chi connectivity index (χ3v) is 5.20. The predicted molar refractivity (Wildman–Crippen MR) is 109 cm³/mol. The molecule has 1 aromatic heterocycles. The molecular formula is C21H20F2N2O4S. The molecule has 0 aliphatic heterocycles. The average Bonchev–Trinajstić information content (AvgIpc) is 3.02. The summed E-state index contributed by atoms with van der Waals surface area (Å²) in [6, 6.07) is 11.0. The number of carbonyl (C=O) groups is 1. The van der Waals surface area contributed by atoms with Crippen LogP contribution in [0.5, 0.6) is 5.75 Å².